The van der Waals surface area contributed by atoms with Crippen LogP contribution in [0.1, 0.15) is 27.2 Å². The summed E-state index contributed by atoms with van der Waals surface area (Å²) in [4.78, 5) is 25.9. The molecule has 4 heterocycles. The van der Waals surface area contributed by atoms with Gasteiger partial charge in [0.25, 0.3) is 5.91 Å². The number of ether oxygens (including phenoxy) is 1. The summed E-state index contributed by atoms with van der Waals surface area (Å²) in [5.41, 5.74) is 6.77. The molecule has 1 fully saturated rings. The van der Waals surface area contributed by atoms with Gasteiger partial charge in [-0.05, 0) is 48.2 Å². The van der Waals surface area contributed by atoms with Crippen LogP contribution in [0.4, 0.5) is 0 Å². The maximum absolute atomic E-state index is 12.9. The predicted molar refractivity (Wildman–Crippen MR) is 108 cm³/mol. The number of benzene rings is 1. The van der Waals surface area contributed by atoms with E-state index in [1.165, 1.54) is 0 Å². The number of hydrogen-bond donors (Lipinski definition) is 3. The Bertz CT molecular complexity index is 1140. The molecule has 3 N–H and O–H groups in total. The zero-order valence-corrected chi connectivity index (χ0v) is 16.1. The summed E-state index contributed by atoms with van der Waals surface area (Å²) in [5.74, 6) is 1.52. The van der Waals surface area contributed by atoms with Crippen molar-refractivity contribution in [3.8, 4) is 28.5 Å². The maximum Gasteiger partial charge on any atom is 0.253 e. The van der Waals surface area contributed by atoms with Crippen LogP contribution in [-0.4, -0.2) is 46.6 Å². The normalized spacial score (nSPS) is 18.3. The number of nitrogens with zero attached hydrogens (tertiary/aromatic N) is 2. The van der Waals surface area contributed by atoms with Gasteiger partial charge in [-0.15, -0.1) is 0 Å². The van der Waals surface area contributed by atoms with E-state index in [2.05, 4.69) is 20.6 Å². The fourth-order valence-corrected chi connectivity index (χ4v) is 4.73. The number of amides is 1. The fourth-order valence-electron chi connectivity index (χ4n) is 4.73. The van der Waals surface area contributed by atoms with Gasteiger partial charge in [0.05, 0.1) is 29.6 Å². The molecule has 7 heteroatoms. The monoisotopic (exact) mass is 387 g/mol. The third-order valence-electron chi connectivity index (χ3n) is 6.32. The molecule has 0 radical (unpaired) electrons. The van der Waals surface area contributed by atoms with Crippen molar-refractivity contribution < 1.29 is 9.53 Å². The van der Waals surface area contributed by atoms with Crippen molar-refractivity contribution in [3.05, 3.63) is 52.8 Å². The van der Waals surface area contributed by atoms with E-state index in [4.69, 9.17) is 9.72 Å². The van der Waals surface area contributed by atoms with E-state index in [-0.39, 0.29) is 11.4 Å². The molecule has 7 nitrogen and oxygen atoms in total. The van der Waals surface area contributed by atoms with E-state index in [1.807, 2.05) is 30.5 Å². The number of fused-ring (bicyclic) bond motifs is 5. The van der Waals surface area contributed by atoms with Crippen molar-refractivity contribution in [1.82, 2.24) is 25.6 Å². The molecular formula is C22H21N5O2. The summed E-state index contributed by atoms with van der Waals surface area (Å²) in [7, 11) is 1.65. The Labute approximate surface area is 167 Å². The number of aryl methyl sites for hydroxylation is 1. The van der Waals surface area contributed by atoms with Crippen LogP contribution < -0.4 is 15.4 Å². The Hall–Kier alpha value is -3.19. The highest BCUT2D eigenvalue weighted by molar-refractivity contribution is 6.01. The van der Waals surface area contributed by atoms with Crippen LogP contribution in [0.3, 0.4) is 0 Å². The van der Waals surface area contributed by atoms with Crippen molar-refractivity contribution in [2.45, 2.75) is 24.8 Å². The summed E-state index contributed by atoms with van der Waals surface area (Å²) in [5, 5.41) is 6.50. The van der Waals surface area contributed by atoms with Crippen molar-refractivity contribution >= 4 is 5.91 Å². The molecule has 2 aliphatic heterocycles. The van der Waals surface area contributed by atoms with Crippen molar-refractivity contribution in [3.63, 3.8) is 0 Å². The largest absolute Gasteiger partial charge is 0.497 e. The highest BCUT2D eigenvalue weighted by Crippen LogP contribution is 2.39. The van der Waals surface area contributed by atoms with Gasteiger partial charge >= 0.3 is 0 Å². The lowest BCUT2D eigenvalue weighted by Crippen LogP contribution is -2.71. The van der Waals surface area contributed by atoms with Gasteiger partial charge in [-0.1, -0.05) is 0 Å². The van der Waals surface area contributed by atoms with Crippen LogP contribution in [0, 0.1) is 0 Å². The number of nitrogens with one attached hydrogen (secondary N) is 3. The molecular weight excluding hydrogens is 366 g/mol. The van der Waals surface area contributed by atoms with Gasteiger partial charge in [0.1, 0.15) is 5.75 Å². The first-order valence-electron chi connectivity index (χ1n) is 9.93. The minimum Gasteiger partial charge on any atom is -0.497 e. The molecule has 29 heavy (non-hydrogen) atoms. The van der Waals surface area contributed by atoms with Crippen LogP contribution in [0.2, 0.25) is 0 Å². The SMILES string of the molecule is COc1ccc(-c2ncc3c(n2)-c2[nH]c4c(c2CC3)C(=O)NC2(CNC2)C4)cc1. The topological polar surface area (TPSA) is 91.9 Å². The van der Waals surface area contributed by atoms with E-state index in [9.17, 15) is 4.79 Å². The van der Waals surface area contributed by atoms with Crippen LogP contribution >= 0.6 is 0 Å². The second kappa shape index (κ2) is 5.90. The standard InChI is InChI=1S/C22H21N5O2/c1-29-14-5-2-12(3-6-14)20-24-9-13-4-7-15-17-16(25-19(15)18(13)26-20)8-22(10-23-11-22)27-21(17)28/h2-3,5-6,9,23,25H,4,7-8,10-11H2,1H3,(H,27,28). The van der Waals surface area contributed by atoms with Gasteiger partial charge in [-0.2, -0.15) is 0 Å². The fraction of sp³-hybridized carbons (Fsp3) is 0.318. The Morgan fingerprint density at radius 1 is 1.14 bits per heavy atom. The number of methoxy groups -OCH3 is 1. The molecule has 146 valence electrons. The summed E-state index contributed by atoms with van der Waals surface area (Å²) in [6.45, 7) is 1.64. The molecule has 6 rings (SSSR count). The molecule has 2 aromatic heterocycles. The van der Waals surface area contributed by atoms with E-state index in [0.29, 0.717) is 5.82 Å². The quantitative estimate of drug-likeness (QED) is 0.624. The van der Waals surface area contributed by atoms with Crippen molar-refractivity contribution in [1.29, 1.82) is 0 Å². The summed E-state index contributed by atoms with van der Waals surface area (Å²) < 4.78 is 5.24. The molecule has 0 unspecified atom stereocenters. The number of aromatic nitrogens is 3. The number of carbonyl (C=O) groups excluding carboxylic acids is 1. The lowest BCUT2D eigenvalue weighted by Gasteiger charge is -2.45. The zero-order valence-electron chi connectivity index (χ0n) is 16.1. The second-order valence-corrected chi connectivity index (χ2v) is 8.14. The summed E-state index contributed by atoms with van der Waals surface area (Å²) in [6.07, 6.45) is 4.43. The van der Waals surface area contributed by atoms with Gasteiger partial charge in [0.15, 0.2) is 5.82 Å². The first-order chi connectivity index (χ1) is 14.2. The third kappa shape index (κ3) is 2.43. The lowest BCUT2D eigenvalue weighted by molar-refractivity contribution is 0.0826. The average Bonchev–Trinajstić information content (AvgIpc) is 3.11. The van der Waals surface area contributed by atoms with Crippen molar-refractivity contribution in [2.75, 3.05) is 20.2 Å². The maximum atomic E-state index is 12.9. The molecule has 0 saturated carbocycles. The highest BCUT2D eigenvalue weighted by Gasteiger charge is 2.45. The van der Waals surface area contributed by atoms with E-state index in [1.54, 1.807) is 7.11 Å². The number of hydrogen-bond acceptors (Lipinski definition) is 5. The Kier molecular flexibility index (Phi) is 3.41. The van der Waals surface area contributed by atoms with Gasteiger partial charge in [-0.25, -0.2) is 9.97 Å². The third-order valence-corrected chi connectivity index (χ3v) is 6.32. The van der Waals surface area contributed by atoms with Crippen LogP contribution in [0.5, 0.6) is 5.75 Å². The van der Waals surface area contributed by atoms with Gasteiger partial charge < -0.3 is 20.4 Å². The molecule has 1 aliphatic carbocycles. The second-order valence-electron chi connectivity index (χ2n) is 8.14. The Morgan fingerprint density at radius 3 is 2.69 bits per heavy atom. The smallest absolute Gasteiger partial charge is 0.253 e. The molecule has 1 saturated heterocycles. The molecule has 1 spiro atoms. The van der Waals surface area contributed by atoms with Gasteiger partial charge in [-0.3, -0.25) is 4.79 Å². The number of carbonyl (C=O) groups is 1. The van der Waals surface area contributed by atoms with Gasteiger partial charge in [0.2, 0.25) is 0 Å². The molecule has 1 aromatic carbocycles. The molecule has 3 aliphatic rings. The Morgan fingerprint density at radius 2 is 1.97 bits per heavy atom. The Balaban J connectivity index is 1.44. The van der Waals surface area contributed by atoms with Crippen LogP contribution in [0.15, 0.2) is 30.5 Å². The summed E-state index contributed by atoms with van der Waals surface area (Å²) >= 11 is 0. The first kappa shape index (κ1) is 16.7. The molecule has 0 atom stereocenters. The molecule has 3 aromatic rings. The summed E-state index contributed by atoms with van der Waals surface area (Å²) in [6, 6.07) is 7.75. The van der Waals surface area contributed by atoms with E-state index in [0.717, 1.165) is 77.4 Å². The van der Waals surface area contributed by atoms with E-state index < -0.39 is 0 Å². The highest BCUT2D eigenvalue weighted by atomic mass is 16.5. The minimum atomic E-state index is -0.139. The number of rotatable bonds is 2. The van der Waals surface area contributed by atoms with Gasteiger partial charge in [0, 0.05) is 37.0 Å². The van der Waals surface area contributed by atoms with Crippen LogP contribution in [-0.2, 0) is 19.3 Å². The zero-order chi connectivity index (χ0) is 19.6. The lowest BCUT2D eigenvalue weighted by atomic mass is 9.81. The van der Waals surface area contributed by atoms with Crippen LogP contribution in [0.25, 0.3) is 22.8 Å². The number of aromatic amines is 1. The predicted octanol–water partition coefficient (Wildman–Crippen LogP) is 1.87. The number of H-pyrrole nitrogens is 1. The molecule has 1 amide bonds. The molecule has 0 bridgehead atoms. The minimum absolute atomic E-state index is 0.0399. The average molecular weight is 387 g/mol. The first-order valence-corrected chi connectivity index (χ1v) is 9.93. The van der Waals surface area contributed by atoms with Crippen molar-refractivity contribution in [2.24, 2.45) is 0 Å². The van der Waals surface area contributed by atoms with E-state index >= 15 is 0 Å².